The van der Waals surface area contributed by atoms with Crippen molar-refractivity contribution >= 4 is 23.0 Å². The average molecular weight is 407 g/mol. The van der Waals surface area contributed by atoms with Gasteiger partial charge in [0.05, 0.1) is 35.0 Å². The van der Waals surface area contributed by atoms with Gasteiger partial charge in [0.1, 0.15) is 6.61 Å². The summed E-state index contributed by atoms with van der Waals surface area (Å²) in [7, 11) is 0. The quantitative estimate of drug-likeness (QED) is 0.373. The van der Waals surface area contributed by atoms with Crippen molar-refractivity contribution in [2.75, 3.05) is 24.6 Å². The molecular formula is C24H30N4O2. The zero-order valence-electron chi connectivity index (χ0n) is 18.5. The van der Waals surface area contributed by atoms with Crippen molar-refractivity contribution in [1.29, 1.82) is 5.26 Å². The maximum Gasteiger partial charge on any atom is 0.311 e. The van der Waals surface area contributed by atoms with Crippen LogP contribution in [0.3, 0.4) is 0 Å². The molecule has 2 aromatic rings. The van der Waals surface area contributed by atoms with Gasteiger partial charge in [0.25, 0.3) is 0 Å². The SMILES string of the molecule is CCN(CCOC(=O)C(C)(C)CC)c1ccc(N=Nc2ccc(C#N)cc2)c(C)c1. The summed E-state index contributed by atoms with van der Waals surface area (Å²) in [6.07, 6.45) is 0.751. The zero-order chi connectivity index (χ0) is 22.1. The molecule has 0 heterocycles. The highest BCUT2D eigenvalue weighted by Gasteiger charge is 2.27. The number of hydrogen-bond donors (Lipinski definition) is 0. The molecule has 0 aromatic heterocycles. The Hall–Kier alpha value is -3.20. The molecule has 0 unspecified atom stereocenters. The van der Waals surface area contributed by atoms with Crippen LogP contribution in [-0.4, -0.2) is 25.7 Å². The molecule has 0 aliphatic rings. The van der Waals surface area contributed by atoms with Crippen molar-refractivity contribution < 1.29 is 9.53 Å². The summed E-state index contributed by atoms with van der Waals surface area (Å²) in [6.45, 7) is 11.7. The third kappa shape index (κ3) is 6.15. The van der Waals surface area contributed by atoms with E-state index in [1.165, 1.54) is 0 Å². The van der Waals surface area contributed by atoms with E-state index < -0.39 is 5.41 Å². The minimum atomic E-state index is -0.449. The summed E-state index contributed by atoms with van der Waals surface area (Å²) in [5.74, 6) is -0.157. The molecule has 158 valence electrons. The van der Waals surface area contributed by atoms with Gasteiger partial charge in [-0.05, 0) is 82.1 Å². The number of azo groups is 1. The fraction of sp³-hybridized carbons (Fsp3) is 0.417. The third-order valence-electron chi connectivity index (χ3n) is 5.23. The molecule has 0 amide bonds. The van der Waals surface area contributed by atoms with E-state index >= 15 is 0 Å². The minimum Gasteiger partial charge on any atom is -0.463 e. The number of esters is 1. The van der Waals surface area contributed by atoms with Crippen LogP contribution >= 0.6 is 0 Å². The molecule has 6 heteroatoms. The van der Waals surface area contributed by atoms with Gasteiger partial charge in [-0.2, -0.15) is 15.5 Å². The molecule has 0 saturated heterocycles. The summed E-state index contributed by atoms with van der Waals surface area (Å²) in [6, 6.07) is 15.1. The molecule has 0 spiro atoms. The van der Waals surface area contributed by atoms with Crippen LogP contribution in [0.2, 0.25) is 0 Å². The summed E-state index contributed by atoms with van der Waals surface area (Å²) in [5, 5.41) is 17.4. The van der Waals surface area contributed by atoms with E-state index in [1.807, 2.05) is 39.8 Å². The van der Waals surface area contributed by atoms with Crippen molar-refractivity contribution in [2.24, 2.45) is 15.6 Å². The highest BCUT2D eigenvalue weighted by molar-refractivity contribution is 5.75. The molecule has 0 atom stereocenters. The number of rotatable bonds is 9. The number of benzene rings is 2. The average Bonchev–Trinajstić information content (AvgIpc) is 2.76. The molecule has 2 rings (SSSR count). The Morgan fingerprint density at radius 2 is 1.83 bits per heavy atom. The number of hydrogen-bond acceptors (Lipinski definition) is 6. The highest BCUT2D eigenvalue weighted by atomic mass is 16.5. The third-order valence-corrected chi connectivity index (χ3v) is 5.23. The Kier molecular flexibility index (Phi) is 8.11. The Morgan fingerprint density at radius 1 is 1.13 bits per heavy atom. The second-order valence-electron chi connectivity index (χ2n) is 7.78. The van der Waals surface area contributed by atoms with Crippen molar-refractivity contribution in [3.05, 3.63) is 53.6 Å². The van der Waals surface area contributed by atoms with Crippen molar-refractivity contribution in [1.82, 2.24) is 0 Å². The summed E-state index contributed by atoms with van der Waals surface area (Å²) in [5.41, 5.74) is 3.69. The lowest BCUT2D eigenvalue weighted by Gasteiger charge is -2.25. The van der Waals surface area contributed by atoms with Gasteiger partial charge < -0.3 is 9.64 Å². The van der Waals surface area contributed by atoms with Crippen molar-refractivity contribution in [3.8, 4) is 6.07 Å². The summed E-state index contributed by atoms with van der Waals surface area (Å²) >= 11 is 0. The largest absolute Gasteiger partial charge is 0.463 e. The number of nitriles is 1. The van der Waals surface area contributed by atoms with Gasteiger partial charge >= 0.3 is 5.97 Å². The van der Waals surface area contributed by atoms with Crippen LogP contribution in [0.4, 0.5) is 17.1 Å². The smallest absolute Gasteiger partial charge is 0.311 e. The monoisotopic (exact) mass is 406 g/mol. The topological polar surface area (TPSA) is 78.0 Å². The molecule has 0 radical (unpaired) electrons. The van der Waals surface area contributed by atoms with E-state index in [2.05, 4.69) is 34.2 Å². The highest BCUT2D eigenvalue weighted by Crippen LogP contribution is 2.27. The predicted octanol–water partition coefficient (Wildman–Crippen LogP) is 6.09. The molecule has 30 heavy (non-hydrogen) atoms. The first kappa shape index (κ1) is 23.1. The summed E-state index contributed by atoms with van der Waals surface area (Å²) in [4.78, 5) is 14.3. The first-order valence-electron chi connectivity index (χ1n) is 10.3. The first-order valence-corrected chi connectivity index (χ1v) is 10.3. The molecule has 0 saturated carbocycles. The second-order valence-corrected chi connectivity index (χ2v) is 7.78. The Bertz CT molecular complexity index is 927. The number of carbonyl (C=O) groups excluding carboxylic acids is 1. The van der Waals surface area contributed by atoms with E-state index in [0.29, 0.717) is 24.4 Å². The van der Waals surface area contributed by atoms with Gasteiger partial charge in [0.2, 0.25) is 0 Å². The van der Waals surface area contributed by atoms with Crippen LogP contribution in [0.5, 0.6) is 0 Å². The molecule has 2 aromatic carbocycles. The van der Waals surface area contributed by atoms with E-state index in [-0.39, 0.29) is 5.97 Å². The van der Waals surface area contributed by atoms with Gasteiger partial charge in [-0.25, -0.2) is 0 Å². The Labute approximate surface area is 179 Å². The van der Waals surface area contributed by atoms with E-state index in [0.717, 1.165) is 29.9 Å². The van der Waals surface area contributed by atoms with Crippen molar-refractivity contribution in [3.63, 3.8) is 0 Å². The van der Waals surface area contributed by atoms with Crippen molar-refractivity contribution in [2.45, 2.75) is 41.0 Å². The number of anilines is 1. The van der Waals surface area contributed by atoms with Crippen LogP contribution in [0.25, 0.3) is 0 Å². The van der Waals surface area contributed by atoms with Gasteiger partial charge in [-0.1, -0.05) is 6.92 Å². The lowest BCUT2D eigenvalue weighted by Crippen LogP contribution is -2.31. The lowest BCUT2D eigenvalue weighted by molar-refractivity contribution is -0.153. The molecule has 0 bridgehead atoms. The van der Waals surface area contributed by atoms with Gasteiger partial charge in [-0.3, -0.25) is 4.79 Å². The molecule has 0 aliphatic carbocycles. The molecule has 0 N–H and O–H groups in total. The van der Waals surface area contributed by atoms with E-state index in [4.69, 9.17) is 10.00 Å². The maximum absolute atomic E-state index is 12.1. The van der Waals surface area contributed by atoms with Crippen LogP contribution in [0.15, 0.2) is 52.7 Å². The number of ether oxygens (including phenoxy) is 1. The van der Waals surface area contributed by atoms with Crippen LogP contribution in [-0.2, 0) is 9.53 Å². The predicted molar refractivity (Wildman–Crippen MR) is 119 cm³/mol. The standard InChI is InChI=1S/C24H30N4O2/c1-6-24(4,5)23(29)30-15-14-28(7-2)21-12-13-22(18(3)16-21)27-26-20-10-8-19(17-25)9-11-20/h8-13,16H,6-7,14-15H2,1-5H3. The zero-order valence-corrected chi connectivity index (χ0v) is 18.5. The van der Waals surface area contributed by atoms with E-state index in [9.17, 15) is 4.79 Å². The molecule has 0 fully saturated rings. The first-order chi connectivity index (χ1) is 14.3. The maximum atomic E-state index is 12.1. The second kappa shape index (κ2) is 10.5. The van der Waals surface area contributed by atoms with Gasteiger partial charge in [0, 0.05) is 12.2 Å². The van der Waals surface area contributed by atoms with Crippen LogP contribution < -0.4 is 4.90 Å². The van der Waals surface area contributed by atoms with Crippen LogP contribution in [0.1, 0.15) is 45.2 Å². The number of nitrogens with zero attached hydrogens (tertiary/aromatic N) is 4. The van der Waals surface area contributed by atoms with E-state index in [1.54, 1.807) is 24.3 Å². The normalized spacial score (nSPS) is 11.3. The molecule has 0 aliphatic heterocycles. The van der Waals surface area contributed by atoms with Gasteiger partial charge in [-0.15, -0.1) is 0 Å². The number of likely N-dealkylation sites (N-methyl/N-ethyl adjacent to an activating group) is 1. The molecule has 6 nitrogen and oxygen atoms in total. The fourth-order valence-corrected chi connectivity index (χ4v) is 2.72. The molecular weight excluding hydrogens is 376 g/mol. The summed E-state index contributed by atoms with van der Waals surface area (Å²) < 4.78 is 5.48. The van der Waals surface area contributed by atoms with Crippen LogP contribution in [0, 0.1) is 23.7 Å². The Balaban J connectivity index is 2.02. The fourth-order valence-electron chi connectivity index (χ4n) is 2.72. The lowest BCUT2D eigenvalue weighted by atomic mass is 9.91. The number of aryl methyl sites for hydroxylation is 1. The van der Waals surface area contributed by atoms with Gasteiger partial charge in [0.15, 0.2) is 0 Å². The number of carbonyl (C=O) groups is 1. The Morgan fingerprint density at radius 3 is 2.40 bits per heavy atom. The minimum absolute atomic E-state index is 0.157.